The van der Waals surface area contributed by atoms with E-state index in [0.29, 0.717) is 0 Å². The Kier molecular flexibility index (Phi) is 5.12. The largest absolute Gasteiger partial charge is 0.468 e. The van der Waals surface area contributed by atoms with Gasteiger partial charge in [0, 0.05) is 17.2 Å². The van der Waals surface area contributed by atoms with Gasteiger partial charge < -0.3 is 9.73 Å². The van der Waals surface area contributed by atoms with Crippen LogP contribution in [0.3, 0.4) is 0 Å². The van der Waals surface area contributed by atoms with E-state index in [0.717, 1.165) is 30.5 Å². The second-order valence-corrected chi connectivity index (χ2v) is 4.92. The summed E-state index contributed by atoms with van der Waals surface area (Å²) in [5, 5.41) is 3.42. The Bertz CT molecular complexity index is 258. The molecule has 14 heavy (non-hydrogen) atoms. The summed E-state index contributed by atoms with van der Waals surface area (Å²) in [6.07, 6.45) is 1.75. The molecule has 2 nitrogen and oxygen atoms in total. The third kappa shape index (κ3) is 4.20. The summed E-state index contributed by atoms with van der Waals surface area (Å²) >= 11 is 1.85. The van der Waals surface area contributed by atoms with Crippen LogP contribution in [0.5, 0.6) is 0 Å². The van der Waals surface area contributed by atoms with Gasteiger partial charge in [0.05, 0.1) is 6.26 Å². The standard InChI is InChI=1S/C11H19NOS/c1-9(2)8-12-5-7-14-11-4-6-13-10(11)3/h4,6,9,12H,5,7-8H2,1-3H3. The highest BCUT2D eigenvalue weighted by Crippen LogP contribution is 2.22. The number of aryl methyl sites for hydroxylation is 1. The molecule has 0 spiro atoms. The van der Waals surface area contributed by atoms with Crippen LogP contribution in [0.2, 0.25) is 0 Å². The number of nitrogens with one attached hydrogen (secondary N) is 1. The van der Waals surface area contributed by atoms with E-state index in [4.69, 9.17) is 4.42 Å². The van der Waals surface area contributed by atoms with Gasteiger partial charge in [0.2, 0.25) is 0 Å². The van der Waals surface area contributed by atoms with Gasteiger partial charge in [-0.3, -0.25) is 0 Å². The van der Waals surface area contributed by atoms with Crippen molar-refractivity contribution in [2.75, 3.05) is 18.8 Å². The zero-order chi connectivity index (χ0) is 10.4. The topological polar surface area (TPSA) is 25.2 Å². The first kappa shape index (κ1) is 11.7. The average Bonchev–Trinajstić information content (AvgIpc) is 2.51. The van der Waals surface area contributed by atoms with Crippen molar-refractivity contribution < 1.29 is 4.42 Å². The minimum Gasteiger partial charge on any atom is -0.468 e. The molecule has 0 saturated heterocycles. The van der Waals surface area contributed by atoms with Crippen LogP contribution in [0, 0.1) is 12.8 Å². The maximum absolute atomic E-state index is 5.22. The Balaban J connectivity index is 2.08. The van der Waals surface area contributed by atoms with Crippen molar-refractivity contribution in [1.29, 1.82) is 0 Å². The van der Waals surface area contributed by atoms with E-state index in [1.54, 1.807) is 6.26 Å². The molecule has 1 aromatic rings. The highest BCUT2D eigenvalue weighted by Gasteiger charge is 2.00. The Morgan fingerprint density at radius 3 is 2.86 bits per heavy atom. The highest BCUT2D eigenvalue weighted by molar-refractivity contribution is 7.99. The zero-order valence-corrected chi connectivity index (χ0v) is 9.99. The van der Waals surface area contributed by atoms with E-state index in [-0.39, 0.29) is 0 Å². The van der Waals surface area contributed by atoms with Crippen LogP contribution in [-0.2, 0) is 0 Å². The molecule has 0 atom stereocenters. The van der Waals surface area contributed by atoms with Crippen LogP contribution in [0.4, 0.5) is 0 Å². The molecule has 0 saturated carbocycles. The van der Waals surface area contributed by atoms with Crippen molar-refractivity contribution in [2.24, 2.45) is 5.92 Å². The van der Waals surface area contributed by atoms with Gasteiger partial charge >= 0.3 is 0 Å². The number of thioether (sulfide) groups is 1. The van der Waals surface area contributed by atoms with Crippen molar-refractivity contribution in [3.8, 4) is 0 Å². The van der Waals surface area contributed by atoms with Crippen LogP contribution < -0.4 is 5.32 Å². The van der Waals surface area contributed by atoms with Gasteiger partial charge in [-0.2, -0.15) is 0 Å². The zero-order valence-electron chi connectivity index (χ0n) is 9.17. The molecule has 0 bridgehead atoms. The van der Waals surface area contributed by atoms with Gasteiger partial charge in [0.25, 0.3) is 0 Å². The quantitative estimate of drug-likeness (QED) is 0.581. The van der Waals surface area contributed by atoms with E-state index in [1.807, 2.05) is 24.8 Å². The van der Waals surface area contributed by atoms with E-state index >= 15 is 0 Å². The second-order valence-electron chi connectivity index (χ2n) is 3.79. The first-order valence-corrected chi connectivity index (χ1v) is 6.06. The first-order valence-electron chi connectivity index (χ1n) is 5.07. The second kappa shape index (κ2) is 6.14. The summed E-state index contributed by atoms with van der Waals surface area (Å²) < 4.78 is 5.22. The fourth-order valence-electron chi connectivity index (χ4n) is 1.15. The SMILES string of the molecule is Cc1occc1SCCNCC(C)C. The molecule has 0 amide bonds. The lowest BCUT2D eigenvalue weighted by molar-refractivity contribution is 0.527. The van der Waals surface area contributed by atoms with E-state index in [9.17, 15) is 0 Å². The smallest absolute Gasteiger partial charge is 0.114 e. The van der Waals surface area contributed by atoms with E-state index in [1.165, 1.54) is 4.90 Å². The third-order valence-corrected chi connectivity index (χ3v) is 3.04. The van der Waals surface area contributed by atoms with Crippen molar-refractivity contribution in [3.63, 3.8) is 0 Å². The Labute approximate surface area is 90.5 Å². The van der Waals surface area contributed by atoms with Crippen LogP contribution in [-0.4, -0.2) is 18.8 Å². The molecule has 0 radical (unpaired) electrons. The maximum Gasteiger partial charge on any atom is 0.114 e. The van der Waals surface area contributed by atoms with Gasteiger partial charge in [-0.15, -0.1) is 11.8 Å². The Hall–Kier alpha value is -0.410. The molecule has 1 rings (SSSR count). The predicted molar refractivity (Wildman–Crippen MR) is 61.9 cm³/mol. The van der Waals surface area contributed by atoms with Gasteiger partial charge in [0.15, 0.2) is 0 Å². The van der Waals surface area contributed by atoms with Crippen molar-refractivity contribution in [1.82, 2.24) is 5.32 Å². The fourth-order valence-corrected chi connectivity index (χ4v) is 2.02. The number of hydrogen-bond donors (Lipinski definition) is 1. The van der Waals surface area contributed by atoms with Crippen LogP contribution in [0.1, 0.15) is 19.6 Å². The normalized spacial score (nSPS) is 11.1. The lowest BCUT2D eigenvalue weighted by Crippen LogP contribution is -2.22. The fraction of sp³-hybridized carbons (Fsp3) is 0.636. The minimum atomic E-state index is 0.732. The van der Waals surface area contributed by atoms with Crippen LogP contribution >= 0.6 is 11.8 Å². The molecular formula is C11H19NOS. The number of rotatable bonds is 6. The van der Waals surface area contributed by atoms with E-state index in [2.05, 4.69) is 19.2 Å². The summed E-state index contributed by atoms with van der Waals surface area (Å²) in [4.78, 5) is 1.26. The molecule has 1 N–H and O–H groups in total. The third-order valence-electron chi connectivity index (χ3n) is 1.90. The predicted octanol–water partition coefficient (Wildman–Crippen LogP) is 2.93. The highest BCUT2D eigenvalue weighted by atomic mass is 32.2. The first-order chi connectivity index (χ1) is 6.70. The van der Waals surface area contributed by atoms with Gasteiger partial charge in [-0.25, -0.2) is 0 Å². The molecule has 1 aromatic heterocycles. The summed E-state index contributed by atoms with van der Waals surface area (Å²) in [5.41, 5.74) is 0. The molecule has 0 aliphatic carbocycles. The molecule has 0 aliphatic heterocycles. The number of hydrogen-bond acceptors (Lipinski definition) is 3. The van der Waals surface area contributed by atoms with Crippen molar-refractivity contribution in [2.45, 2.75) is 25.7 Å². The Morgan fingerprint density at radius 1 is 1.50 bits per heavy atom. The summed E-state index contributed by atoms with van der Waals surface area (Å²) in [6.45, 7) is 8.61. The lowest BCUT2D eigenvalue weighted by atomic mass is 10.2. The molecule has 0 fully saturated rings. The molecule has 1 heterocycles. The summed E-state index contributed by atoms with van der Waals surface area (Å²) in [6, 6.07) is 2.03. The summed E-state index contributed by atoms with van der Waals surface area (Å²) in [7, 11) is 0. The van der Waals surface area contributed by atoms with Crippen molar-refractivity contribution in [3.05, 3.63) is 18.1 Å². The minimum absolute atomic E-state index is 0.732. The van der Waals surface area contributed by atoms with Crippen LogP contribution in [0.25, 0.3) is 0 Å². The molecule has 0 aliphatic rings. The molecular weight excluding hydrogens is 194 g/mol. The van der Waals surface area contributed by atoms with Crippen LogP contribution in [0.15, 0.2) is 21.6 Å². The van der Waals surface area contributed by atoms with Crippen molar-refractivity contribution >= 4 is 11.8 Å². The number of furan rings is 1. The monoisotopic (exact) mass is 213 g/mol. The molecule has 0 unspecified atom stereocenters. The average molecular weight is 213 g/mol. The molecule has 80 valence electrons. The Morgan fingerprint density at radius 2 is 2.29 bits per heavy atom. The summed E-state index contributed by atoms with van der Waals surface area (Å²) in [5.74, 6) is 2.86. The molecule has 3 heteroatoms. The lowest BCUT2D eigenvalue weighted by Gasteiger charge is -2.06. The van der Waals surface area contributed by atoms with Gasteiger partial charge in [0.1, 0.15) is 5.76 Å². The maximum atomic E-state index is 5.22. The van der Waals surface area contributed by atoms with Gasteiger partial charge in [-0.05, 0) is 25.5 Å². The van der Waals surface area contributed by atoms with E-state index < -0.39 is 0 Å². The van der Waals surface area contributed by atoms with Gasteiger partial charge in [-0.1, -0.05) is 13.8 Å². The molecule has 0 aromatic carbocycles.